The number of sulfonamides is 1. The molecule has 0 fully saturated rings. The summed E-state index contributed by atoms with van der Waals surface area (Å²) >= 11 is 2.13. The Labute approximate surface area is 155 Å². The van der Waals surface area contributed by atoms with Crippen LogP contribution in [0.25, 0.3) is 0 Å². The average Bonchev–Trinajstić information content (AvgIpc) is 2.53. The molecule has 8 heteroatoms. The predicted molar refractivity (Wildman–Crippen MR) is 103 cm³/mol. The molecule has 2 rings (SSSR count). The lowest BCUT2D eigenvalue weighted by atomic mass is 10.3. The van der Waals surface area contributed by atoms with Crippen molar-refractivity contribution in [1.82, 2.24) is 0 Å². The molecule has 24 heavy (non-hydrogen) atoms. The Morgan fingerprint density at radius 1 is 1.21 bits per heavy atom. The number of halogens is 1. The van der Waals surface area contributed by atoms with Crippen LogP contribution in [0.1, 0.15) is 0 Å². The first-order valence-corrected chi connectivity index (χ1v) is 9.89. The summed E-state index contributed by atoms with van der Waals surface area (Å²) in [6.07, 6.45) is 1.07. The van der Waals surface area contributed by atoms with Gasteiger partial charge in [-0.25, -0.2) is 8.42 Å². The molecule has 0 radical (unpaired) electrons. The van der Waals surface area contributed by atoms with E-state index in [-0.39, 0.29) is 6.54 Å². The van der Waals surface area contributed by atoms with Gasteiger partial charge in [0.05, 0.1) is 19.1 Å². The normalized spacial score (nSPS) is 11.0. The van der Waals surface area contributed by atoms with E-state index in [0.29, 0.717) is 17.1 Å². The number of rotatable bonds is 6. The largest absolute Gasteiger partial charge is 0.497 e. The molecule has 0 aliphatic heterocycles. The number of nitrogens with zero attached hydrogens (tertiary/aromatic N) is 1. The van der Waals surface area contributed by atoms with E-state index in [1.165, 1.54) is 7.11 Å². The molecule has 1 amide bonds. The molecule has 2 aromatic rings. The number of hydrogen-bond acceptors (Lipinski definition) is 4. The molecule has 6 nitrogen and oxygen atoms in total. The highest BCUT2D eigenvalue weighted by Crippen LogP contribution is 2.20. The number of methoxy groups -OCH3 is 1. The van der Waals surface area contributed by atoms with Crippen molar-refractivity contribution in [2.75, 3.05) is 29.5 Å². The maximum atomic E-state index is 12.2. The second-order valence-electron chi connectivity index (χ2n) is 5.03. The summed E-state index contributed by atoms with van der Waals surface area (Å²) < 4.78 is 31.2. The lowest BCUT2D eigenvalue weighted by Gasteiger charge is -2.22. The predicted octanol–water partition coefficient (Wildman–Crippen LogP) is 2.70. The fraction of sp³-hybridized carbons (Fsp3) is 0.188. The van der Waals surface area contributed by atoms with Gasteiger partial charge in [-0.05, 0) is 59.0 Å². The van der Waals surface area contributed by atoms with E-state index in [1.807, 2.05) is 0 Å². The zero-order valence-electron chi connectivity index (χ0n) is 13.2. The summed E-state index contributed by atoms with van der Waals surface area (Å²) in [5.41, 5.74) is 0.981. The highest BCUT2D eigenvalue weighted by molar-refractivity contribution is 14.1. The Kier molecular flexibility index (Phi) is 6.05. The number of anilines is 2. The first kappa shape index (κ1) is 18.5. The van der Waals surface area contributed by atoms with E-state index < -0.39 is 15.9 Å². The van der Waals surface area contributed by atoms with Crippen LogP contribution < -0.4 is 14.4 Å². The fourth-order valence-electron chi connectivity index (χ4n) is 2.04. The Morgan fingerprint density at radius 2 is 1.88 bits per heavy atom. The van der Waals surface area contributed by atoms with Crippen molar-refractivity contribution in [3.05, 3.63) is 52.1 Å². The van der Waals surface area contributed by atoms with Crippen LogP contribution in [0.2, 0.25) is 0 Å². The molecule has 0 heterocycles. The van der Waals surface area contributed by atoms with E-state index in [2.05, 4.69) is 27.9 Å². The van der Waals surface area contributed by atoms with Crippen molar-refractivity contribution in [2.24, 2.45) is 0 Å². The van der Waals surface area contributed by atoms with Crippen LogP contribution >= 0.6 is 22.6 Å². The van der Waals surface area contributed by atoms with Gasteiger partial charge in [-0.3, -0.25) is 9.10 Å². The molecule has 0 aliphatic rings. The van der Waals surface area contributed by atoms with E-state index in [0.717, 1.165) is 14.1 Å². The van der Waals surface area contributed by atoms with E-state index in [4.69, 9.17) is 4.74 Å². The van der Waals surface area contributed by atoms with Crippen LogP contribution in [0.4, 0.5) is 11.4 Å². The minimum atomic E-state index is -3.59. The van der Waals surface area contributed by atoms with Crippen LogP contribution in [0.3, 0.4) is 0 Å². The van der Waals surface area contributed by atoms with Gasteiger partial charge in [0.2, 0.25) is 15.9 Å². The molecule has 0 saturated heterocycles. The van der Waals surface area contributed by atoms with E-state index in [9.17, 15) is 13.2 Å². The van der Waals surface area contributed by atoms with Crippen molar-refractivity contribution in [1.29, 1.82) is 0 Å². The number of amides is 1. The maximum Gasteiger partial charge on any atom is 0.245 e. The van der Waals surface area contributed by atoms with Gasteiger partial charge in [0.1, 0.15) is 12.3 Å². The Balaban J connectivity index is 2.17. The molecule has 128 valence electrons. The van der Waals surface area contributed by atoms with Crippen molar-refractivity contribution < 1.29 is 17.9 Å². The second kappa shape index (κ2) is 7.84. The molecular weight excluding hydrogens is 443 g/mol. The lowest BCUT2D eigenvalue weighted by Crippen LogP contribution is -2.37. The molecule has 0 aromatic heterocycles. The third-order valence-electron chi connectivity index (χ3n) is 3.16. The van der Waals surface area contributed by atoms with Crippen LogP contribution in [-0.2, 0) is 14.8 Å². The van der Waals surface area contributed by atoms with Crippen LogP contribution in [0, 0.1) is 3.57 Å². The number of carbonyl (C=O) groups is 1. The summed E-state index contributed by atoms with van der Waals surface area (Å²) in [4.78, 5) is 12.2. The number of benzene rings is 2. The summed E-state index contributed by atoms with van der Waals surface area (Å²) in [5.74, 6) is 0.164. The van der Waals surface area contributed by atoms with Crippen molar-refractivity contribution in [2.45, 2.75) is 0 Å². The molecule has 0 saturated carbocycles. The molecule has 0 aliphatic carbocycles. The summed E-state index contributed by atoms with van der Waals surface area (Å²) in [7, 11) is -2.05. The minimum absolute atomic E-state index is 0.309. The molecule has 1 N–H and O–H groups in total. The zero-order valence-corrected chi connectivity index (χ0v) is 16.2. The fourth-order valence-corrected chi connectivity index (χ4v) is 3.26. The van der Waals surface area contributed by atoms with Crippen molar-refractivity contribution >= 4 is 49.9 Å². The van der Waals surface area contributed by atoms with Gasteiger partial charge in [-0.15, -0.1) is 0 Å². The van der Waals surface area contributed by atoms with Crippen LogP contribution in [-0.4, -0.2) is 34.2 Å². The zero-order chi connectivity index (χ0) is 17.7. The SMILES string of the molecule is COc1cccc(NC(=O)CN(c2ccc(I)cc2)S(C)(=O)=O)c1. The topological polar surface area (TPSA) is 75.7 Å². The van der Waals surface area contributed by atoms with Gasteiger partial charge >= 0.3 is 0 Å². The lowest BCUT2D eigenvalue weighted by molar-refractivity contribution is -0.114. The quantitative estimate of drug-likeness (QED) is 0.673. The molecule has 2 aromatic carbocycles. The maximum absolute atomic E-state index is 12.2. The Morgan fingerprint density at radius 3 is 2.46 bits per heavy atom. The van der Waals surface area contributed by atoms with Crippen molar-refractivity contribution in [3.8, 4) is 5.75 Å². The minimum Gasteiger partial charge on any atom is -0.497 e. The highest BCUT2D eigenvalue weighted by atomic mass is 127. The van der Waals surface area contributed by atoms with Gasteiger partial charge < -0.3 is 10.1 Å². The van der Waals surface area contributed by atoms with E-state index >= 15 is 0 Å². The first-order valence-electron chi connectivity index (χ1n) is 6.97. The standard InChI is InChI=1S/C16H17IN2O4S/c1-23-15-5-3-4-13(10-15)18-16(20)11-19(24(2,21)22)14-8-6-12(17)7-9-14/h3-10H,11H2,1-2H3,(H,18,20). The molecule has 0 spiro atoms. The average molecular weight is 460 g/mol. The molecule has 0 bridgehead atoms. The summed E-state index contributed by atoms with van der Waals surface area (Å²) in [6.45, 7) is -0.309. The Hall–Kier alpha value is -1.81. The van der Waals surface area contributed by atoms with Gasteiger partial charge in [-0.1, -0.05) is 6.07 Å². The van der Waals surface area contributed by atoms with Crippen LogP contribution in [0.15, 0.2) is 48.5 Å². The Bertz CT molecular complexity index is 822. The molecular formula is C16H17IN2O4S. The monoisotopic (exact) mass is 460 g/mol. The second-order valence-corrected chi connectivity index (χ2v) is 8.18. The number of carbonyl (C=O) groups excluding carboxylic acids is 1. The highest BCUT2D eigenvalue weighted by Gasteiger charge is 2.20. The van der Waals surface area contributed by atoms with Gasteiger partial charge in [-0.2, -0.15) is 0 Å². The van der Waals surface area contributed by atoms with Gasteiger partial charge in [0.15, 0.2) is 0 Å². The third-order valence-corrected chi connectivity index (χ3v) is 5.02. The van der Waals surface area contributed by atoms with E-state index in [1.54, 1.807) is 48.5 Å². The number of nitrogens with one attached hydrogen (secondary N) is 1. The number of ether oxygens (including phenoxy) is 1. The number of hydrogen-bond donors (Lipinski definition) is 1. The third kappa shape index (κ3) is 5.10. The first-order chi connectivity index (χ1) is 11.3. The smallest absolute Gasteiger partial charge is 0.245 e. The molecule has 0 unspecified atom stereocenters. The summed E-state index contributed by atoms with van der Waals surface area (Å²) in [5, 5.41) is 2.67. The van der Waals surface area contributed by atoms with Gasteiger partial charge in [0, 0.05) is 15.3 Å². The summed E-state index contributed by atoms with van der Waals surface area (Å²) in [6, 6.07) is 13.8. The van der Waals surface area contributed by atoms with Crippen LogP contribution in [0.5, 0.6) is 5.75 Å². The molecule has 0 atom stereocenters. The van der Waals surface area contributed by atoms with Gasteiger partial charge in [0.25, 0.3) is 0 Å². The van der Waals surface area contributed by atoms with Crippen molar-refractivity contribution in [3.63, 3.8) is 0 Å².